The van der Waals surface area contributed by atoms with E-state index in [1.807, 2.05) is 6.92 Å². The van der Waals surface area contributed by atoms with Crippen LogP contribution in [0, 0.1) is 0 Å². The molecule has 1 aromatic rings. The molecular formula is C10H10O3. The summed E-state index contributed by atoms with van der Waals surface area (Å²) in [5, 5.41) is 0. The Morgan fingerprint density at radius 1 is 1.38 bits per heavy atom. The van der Waals surface area contributed by atoms with Gasteiger partial charge in [0.1, 0.15) is 5.75 Å². The monoisotopic (exact) mass is 178 g/mol. The van der Waals surface area contributed by atoms with Gasteiger partial charge >= 0.3 is 0 Å². The SMILES string of the molecule is CCOc1ccc(C(=O)C=O)cc1. The molecule has 68 valence electrons. The molecule has 0 radical (unpaired) electrons. The topological polar surface area (TPSA) is 43.4 Å². The zero-order valence-electron chi connectivity index (χ0n) is 7.32. The van der Waals surface area contributed by atoms with Gasteiger partial charge in [-0.15, -0.1) is 0 Å². The van der Waals surface area contributed by atoms with Crippen LogP contribution in [0.25, 0.3) is 0 Å². The Morgan fingerprint density at radius 2 is 2.00 bits per heavy atom. The predicted molar refractivity (Wildman–Crippen MR) is 48.0 cm³/mol. The van der Waals surface area contributed by atoms with Gasteiger partial charge in [-0.3, -0.25) is 9.59 Å². The predicted octanol–water partition coefficient (Wildman–Crippen LogP) is 1.47. The number of rotatable bonds is 4. The van der Waals surface area contributed by atoms with E-state index in [1.165, 1.54) is 0 Å². The Morgan fingerprint density at radius 3 is 2.46 bits per heavy atom. The number of aldehydes is 1. The van der Waals surface area contributed by atoms with E-state index in [4.69, 9.17) is 4.74 Å². The standard InChI is InChI=1S/C10H10O3/c1-2-13-9-5-3-8(4-6-9)10(12)7-11/h3-7H,2H2,1H3. The van der Waals surface area contributed by atoms with E-state index in [0.717, 1.165) is 0 Å². The van der Waals surface area contributed by atoms with E-state index in [-0.39, 0.29) is 0 Å². The average Bonchev–Trinajstić information content (AvgIpc) is 2.18. The van der Waals surface area contributed by atoms with E-state index in [9.17, 15) is 9.59 Å². The van der Waals surface area contributed by atoms with Crippen molar-refractivity contribution in [2.45, 2.75) is 6.92 Å². The number of benzene rings is 1. The van der Waals surface area contributed by atoms with E-state index in [2.05, 4.69) is 0 Å². The summed E-state index contributed by atoms with van der Waals surface area (Å²) in [5.74, 6) is 0.188. The van der Waals surface area contributed by atoms with Crippen LogP contribution in [-0.4, -0.2) is 18.7 Å². The molecule has 0 atom stereocenters. The molecule has 0 saturated heterocycles. The number of hydrogen-bond acceptors (Lipinski definition) is 3. The Labute approximate surface area is 76.3 Å². The molecule has 1 aromatic carbocycles. The van der Waals surface area contributed by atoms with Gasteiger partial charge in [0.15, 0.2) is 6.29 Å². The molecule has 0 aliphatic heterocycles. The fourth-order valence-corrected chi connectivity index (χ4v) is 0.950. The quantitative estimate of drug-likeness (QED) is 0.398. The lowest BCUT2D eigenvalue weighted by Crippen LogP contribution is -1.99. The van der Waals surface area contributed by atoms with E-state index in [0.29, 0.717) is 24.2 Å². The molecule has 0 amide bonds. The number of ketones is 1. The summed E-state index contributed by atoms with van der Waals surface area (Å²) >= 11 is 0. The summed E-state index contributed by atoms with van der Waals surface area (Å²) in [6.45, 7) is 2.46. The highest BCUT2D eigenvalue weighted by Crippen LogP contribution is 2.11. The molecule has 0 fully saturated rings. The van der Waals surface area contributed by atoms with Crippen LogP contribution in [0.5, 0.6) is 5.75 Å². The van der Waals surface area contributed by atoms with Gasteiger partial charge in [-0.25, -0.2) is 0 Å². The van der Waals surface area contributed by atoms with Crippen molar-refractivity contribution in [2.24, 2.45) is 0 Å². The van der Waals surface area contributed by atoms with Crippen molar-refractivity contribution in [2.75, 3.05) is 6.61 Å². The van der Waals surface area contributed by atoms with Crippen LogP contribution in [0.3, 0.4) is 0 Å². The van der Waals surface area contributed by atoms with Gasteiger partial charge in [-0.2, -0.15) is 0 Å². The van der Waals surface area contributed by atoms with Crippen LogP contribution in [0.2, 0.25) is 0 Å². The highest BCUT2D eigenvalue weighted by molar-refractivity contribution is 6.33. The first kappa shape index (κ1) is 9.45. The Bertz CT molecular complexity index is 300. The lowest BCUT2D eigenvalue weighted by molar-refractivity contribution is -0.104. The fraction of sp³-hybridized carbons (Fsp3) is 0.200. The second-order valence-corrected chi connectivity index (χ2v) is 2.44. The maximum atomic E-state index is 10.9. The molecule has 3 heteroatoms. The number of hydrogen-bond donors (Lipinski definition) is 0. The minimum Gasteiger partial charge on any atom is -0.494 e. The van der Waals surface area contributed by atoms with E-state index < -0.39 is 5.78 Å². The Kier molecular flexibility index (Phi) is 3.20. The summed E-state index contributed by atoms with van der Waals surface area (Å²) in [5.41, 5.74) is 0.387. The Balaban J connectivity index is 2.80. The molecule has 3 nitrogen and oxygen atoms in total. The molecule has 0 saturated carbocycles. The average molecular weight is 178 g/mol. The van der Waals surface area contributed by atoms with Gasteiger partial charge in [0.25, 0.3) is 0 Å². The van der Waals surface area contributed by atoms with Gasteiger partial charge in [-0.1, -0.05) is 0 Å². The van der Waals surface area contributed by atoms with Crippen molar-refractivity contribution in [3.63, 3.8) is 0 Å². The van der Waals surface area contributed by atoms with Crippen molar-refractivity contribution >= 4 is 12.1 Å². The number of Topliss-reactive ketones (excluding diaryl/α,β-unsaturated/α-hetero) is 1. The van der Waals surface area contributed by atoms with Crippen molar-refractivity contribution < 1.29 is 14.3 Å². The second-order valence-electron chi connectivity index (χ2n) is 2.44. The van der Waals surface area contributed by atoms with Crippen LogP contribution < -0.4 is 4.74 Å². The molecule has 0 unspecified atom stereocenters. The lowest BCUT2D eigenvalue weighted by Gasteiger charge is -2.01. The van der Waals surface area contributed by atoms with E-state index in [1.54, 1.807) is 24.3 Å². The summed E-state index contributed by atoms with van der Waals surface area (Å²) in [4.78, 5) is 21.0. The molecule has 0 spiro atoms. The van der Waals surface area contributed by atoms with Crippen molar-refractivity contribution in [1.29, 1.82) is 0 Å². The maximum absolute atomic E-state index is 10.9. The number of ether oxygens (including phenoxy) is 1. The minimum atomic E-state index is -0.511. The third kappa shape index (κ3) is 2.40. The fourth-order valence-electron chi connectivity index (χ4n) is 0.950. The molecule has 0 aliphatic carbocycles. The van der Waals surface area contributed by atoms with Gasteiger partial charge in [0, 0.05) is 5.56 Å². The Hall–Kier alpha value is -1.64. The number of carbonyl (C=O) groups excluding carboxylic acids is 2. The summed E-state index contributed by atoms with van der Waals surface area (Å²) in [7, 11) is 0. The van der Waals surface area contributed by atoms with Crippen LogP contribution in [-0.2, 0) is 4.79 Å². The molecule has 0 bridgehead atoms. The molecule has 0 heterocycles. The molecular weight excluding hydrogens is 168 g/mol. The van der Waals surface area contributed by atoms with Crippen molar-refractivity contribution in [3.8, 4) is 5.75 Å². The zero-order chi connectivity index (χ0) is 9.68. The third-order valence-electron chi connectivity index (χ3n) is 1.56. The largest absolute Gasteiger partial charge is 0.494 e. The van der Waals surface area contributed by atoms with Crippen LogP contribution >= 0.6 is 0 Å². The normalized spacial score (nSPS) is 9.31. The van der Waals surface area contributed by atoms with Gasteiger partial charge < -0.3 is 4.74 Å². The third-order valence-corrected chi connectivity index (χ3v) is 1.56. The van der Waals surface area contributed by atoms with Crippen LogP contribution in [0.4, 0.5) is 0 Å². The van der Waals surface area contributed by atoms with Gasteiger partial charge in [0.05, 0.1) is 6.61 Å². The second kappa shape index (κ2) is 4.40. The molecule has 13 heavy (non-hydrogen) atoms. The molecule has 0 aromatic heterocycles. The minimum absolute atomic E-state index is 0.301. The molecule has 1 rings (SSSR count). The number of carbonyl (C=O) groups is 2. The van der Waals surface area contributed by atoms with Crippen LogP contribution in [0.1, 0.15) is 17.3 Å². The highest BCUT2D eigenvalue weighted by atomic mass is 16.5. The maximum Gasteiger partial charge on any atom is 0.225 e. The summed E-state index contributed by atoms with van der Waals surface area (Å²) in [6.07, 6.45) is 0.301. The molecule has 0 aliphatic rings. The lowest BCUT2D eigenvalue weighted by atomic mass is 10.1. The first-order valence-corrected chi connectivity index (χ1v) is 4.00. The van der Waals surface area contributed by atoms with Crippen molar-refractivity contribution in [3.05, 3.63) is 29.8 Å². The zero-order valence-corrected chi connectivity index (χ0v) is 7.32. The van der Waals surface area contributed by atoms with Gasteiger partial charge in [0.2, 0.25) is 5.78 Å². The van der Waals surface area contributed by atoms with Crippen LogP contribution in [0.15, 0.2) is 24.3 Å². The smallest absolute Gasteiger partial charge is 0.225 e. The first-order valence-electron chi connectivity index (χ1n) is 4.00. The first-order chi connectivity index (χ1) is 6.27. The summed E-state index contributed by atoms with van der Waals surface area (Å²) in [6, 6.07) is 6.48. The summed E-state index contributed by atoms with van der Waals surface area (Å²) < 4.78 is 5.17. The van der Waals surface area contributed by atoms with Crippen molar-refractivity contribution in [1.82, 2.24) is 0 Å². The highest BCUT2D eigenvalue weighted by Gasteiger charge is 2.02. The van der Waals surface area contributed by atoms with Gasteiger partial charge in [-0.05, 0) is 31.2 Å². The van der Waals surface area contributed by atoms with E-state index >= 15 is 0 Å². The molecule has 0 N–H and O–H groups in total.